The summed E-state index contributed by atoms with van der Waals surface area (Å²) in [5.41, 5.74) is -5.88. The van der Waals surface area contributed by atoms with Gasteiger partial charge in [0.05, 0.1) is 18.7 Å². The number of aryl methyl sites for hydroxylation is 1. The number of nitriles is 1. The smallest absolute Gasteiger partial charge is 0.465 e. The minimum Gasteiger partial charge on any atom is -0.465 e. The molecule has 0 saturated carbocycles. The average molecular weight is 338 g/mol. The highest BCUT2D eigenvalue weighted by Gasteiger charge is 2.49. The minimum absolute atomic E-state index is 0.118. The van der Waals surface area contributed by atoms with Crippen molar-refractivity contribution in [3.63, 3.8) is 0 Å². The van der Waals surface area contributed by atoms with Gasteiger partial charge in [0.2, 0.25) is 5.88 Å². The van der Waals surface area contributed by atoms with Crippen LogP contribution in [0.1, 0.15) is 22.3 Å². The van der Waals surface area contributed by atoms with E-state index in [1.807, 2.05) is 0 Å². The van der Waals surface area contributed by atoms with Crippen LogP contribution in [-0.2, 0) is 21.3 Å². The quantitative estimate of drug-likeness (QED) is 0.455. The van der Waals surface area contributed by atoms with Gasteiger partial charge >= 0.3 is 21.6 Å². The summed E-state index contributed by atoms with van der Waals surface area (Å²) in [4.78, 5) is 14.7. The lowest BCUT2D eigenvalue weighted by atomic mass is 10.1. The zero-order chi connectivity index (χ0) is 17.0. The number of pyridine rings is 1. The Balaban J connectivity index is 3.24. The van der Waals surface area contributed by atoms with Crippen molar-refractivity contribution < 1.29 is 35.3 Å². The van der Waals surface area contributed by atoms with Gasteiger partial charge in [-0.2, -0.15) is 26.9 Å². The largest absolute Gasteiger partial charge is 0.534 e. The van der Waals surface area contributed by atoms with Crippen molar-refractivity contribution in [3.05, 3.63) is 23.4 Å². The van der Waals surface area contributed by atoms with Crippen LogP contribution >= 0.6 is 0 Å². The first-order chi connectivity index (χ1) is 10.1. The molecule has 0 bridgehead atoms. The van der Waals surface area contributed by atoms with E-state index in [1.54, 1.807) is 6.07 Å². The van der Waals surface area contributed by atoms with E-state index in [-0.39, 0.29) is 24.0 Å². The van der Waals surface area contributed by atoms with E-state index >= 15 is 0 Å². The summed E-state index contributed by atoms with van der Waals surface area (Å²) in [7, 11) is -4.82. The van der Waals surface area contributed by atoms with Crippen LogP contribution in [0.5, 0.6) is 5.88 Å². The molecule has 0 aliphatic carbocycles. The van der Waals surface area contributed by atoms with Crippen LogP contribution in [-0.4, -0.2) is 32.0 Å². The number of ether oxygens (including phenoxy) is 1. The van der Waals surface area contributed by atoms with Crippen LogP contribution in [0, 0.1) is 11.3 Å². The van der Waals surface area contributed by atoms with Crippen LogP contribution in [0.3, 0.4) is 0 Å². The number of nitrogens with zero attached hydrogens (tertiary/aromatic N) is 2. The van der Waals surface area contributed by atoms with Crippen LogP contribution in [0.15, 0.2) is 12.3 Å². The van der Waals surface area contributed by atoms with Gasteiger partial charge < -0.3 is 8.92 Å². The molecule has 1 heterocycles. The average Bonchev–Trinajstić information content (AvgIpc) is 2.43. The molecule has 0 spiro atoms. The first kappa shape index (κ1) is 17.7. The predicted molar refractivity (Wildman–Crippen MR) is 65.1 cm³/mol. The van der Waals surface area contributed by atoms with Gasteiger partial charge in [-0.05, 0) is 12.5 Å². The van der Waals surface area contributed by atoms with Gasteiger partial charge in [-0.3, -0.25) is 0 Å². The molecule has 0 aliphatic rings. The van der Waals surface area contributed by atoms with E-state index in [4.69, 9.17) is 5.26 Å². The first-order valence-corrected chi connectivity index (χ1v) is 6.98. The topological polar surface area (TPSA) is 106 Å². The van der Waals surface area contributed by atoms with Gasteiger partial charge in [-0.25, -0.2) is 9.78 Å². The van der Waals surface area contributed by atoms with Crippen LogP contribution in [0.4, 0.5) is 13.2 Å². The Bertz CT molecular complexity index is 709. The highest BCUT2D eigenvalue weighted by molar-refractivity contribution is 7.87. The lowest BCUT2D eigenvalue weighted by Gasteiger charge is -2.12. The molecule has 0 unspecified atom stereocenters. The van der Waals surface area contributed by atoms with Crippen molar-refractivity contribution in [1.82, 2.24) is 4.98 Å². The van der Waals surface area contributed by atoms with Gasteiger partial charge in [0.15, 0.2) is 0 Å². The molecule has 0 atom stereocenters. The molecule has 0 aromatic carbocycles. The second-order valence-corrected chi connectivity index (χ2v) is 5.36. The third-order valence-electron chi connectivity index (χ3n) is 2.32. The molecule has 0 N–H and O–H groups in total. The minimum atomic E-state index is -5.90. The number of esters is 1. The standard InChI is InChI=1S/C11H9F3N2O5S/c1-20-10(17)8-5-7(3-2-4-15)9(16-6-8)21-22(18,19)11(12,13)14/h5-6H,2-3H2,1H3. The number of carbonyl (C=O) groups excluding carboxylic acids is 1. The van der Waals surface area contributed by atoms with Crippen molar-refractivity contribution in [2.45, 2.75) is 18.3 Å². The molecule has 1 rings (SSSR count). The highest BCUT2D eigenvalue weighted by atomic mass is 32.2. The second-order valence-electron chi connectivity index (χ2n) is 3.82. The van der Waals surface area contributed by atoms with Crippen molar-refractivity contribution in [3.8, 4) is 11.9 Å². The zero-order valence-electron chi connectivity index (χ0n) is 11.0. The number of hydrogen-bond donors (Lipinski definition) is 0. The fraction of sp³-hybridized carbons (Fsp3) is 0.364. The number of carbonyl (C=O) groups is 1. The third-order valence-corrected chi connectivity index (χ3v) is 3.27. The first-order valence-electron chi connectivity index (χ1n) is 5.57. The Kier molecular flexibility index (Phi) is 5.32. The maximum atomic E-state index is 12.3. The van der Waals surface area contributed by atoms with Crippen LogP contribution in [0.25, 0.3) is 0 Å². The SMILES string of the molecule is COC(=O)c1cnc(OS(=O)(=O)C(F)(F)F)c(CCC#N)c1. The van der Waals surface area contributed by atoms with E-state index in [2.05, 4.69) is 13.9 Å². The molecule has 0 saturated heterocycles. The van der Waals surface area contributed by atoms with Gasteiger partial charge in [-0.15, -0.1) is 0 Å². The Labute approximate surface area is 123 Å². The Morgan fingerprint density at radius 2 is 2.09 bits per heavy atom. The zero-order valence-corrected chi connectivity index (χ0v) is 11.9. The van der Waals surface area contributed by atoms with Gasteiger partial charge in [0.1, 0.15) is 0 Å². The number of rotatable bonds is 5. The maximum absolute atomic E-state index is 12.3. The number of aromatic nitrogens is 1. The summed E-state index contributed by atoms with van der Waals surface area (Å²) in [6.45, 7) is 0. The molecule has 0 fully saturated rings. The van der Waals surface area contributed by atoms with E-state index in [9.17, 15) is 26.4 Å². The Hall–Kier alpha value is -2.35. The number of hydrogen-bond acceptors (Lipinski definition) is 7. The normalized spacial score (nSPS) is 11.6. The molecule has 0 radical (unpaired) electrons. The Morgan fingerprint density at radius 1 is 1.45 bits per heavy atom. The van der Waals surface area contributed by atoms with Crippen LogP contribution < -0.4 is 4.18 Å². The van der Waals surface area contributed by atoms with E-state index in [0.717, 1.165) is 19.4 Å². The molecular formula is C11H9F3N2O5S. The molecule has 0 aliphatic heterocycles. The lowest BCUT2D eigenvalue weighted by Crippen LogP contribution is -2.28. The maximum Gasteiger partial charge on any atom is 0.534 e. The summed E-state index contributed by atoms with van der Waals surface area (Å²) in [6, 6.07) is 2.78. The van der Waals surface area contributed by atoms with Crippen molar-refractivity contribution in [2.24, 2.45) is 0 Å². The monoisotopic (exact) mass is 338 g/mol. The fourth-order valence-electron chi connectivity index (χ4n) is 1.32. The second kappa shape index (κ2) is 6.61. The molecule has 0 amide bonds. The van der Waals surface area contributed by atoms with Crippen molar-refractivity contribution in [2.75, 3.05) is 7.11 Å². The molecule has 11 heteroatoms. The highest BCUT2D eigenvalue weighted by Crippen LogP contribution is 2.28. The Morgan fingerprint density at radius 3 is 2.59 bits per heavy atom. The molecule has 1 aromatic heterocycles. The summed E-state index contributed by atoms with van der Waals surface area (Å²) in [6.07, 6.45) is 0.509. The number of methoxy groups -OCH3 is 1. The van der Waals surface area contributed by atoms with Crippen molar-refractivity contribution in [1.29, 1.82) is 5.26 Å². The van der Waals surface area contributed by atoms with Gasteiger partial charge in [-0.1, -0.05) is 0 Å². The van der Waals surface area contributed by atoms with E-state index in [0.29, 0.717) is 0 Å². The summed E-state index contributed by atoms with van der Waals surface area (Å²) < 4.78 is 67.2. The van der Waals surface area contributed by atoms with Crippen LogP contribution in [0.2, 0.25) is 0 Å². The van der Waals surface area contributed by atoms with E-state index in [1.165, 1.54) is 0 Å². The molecule has 7 nitrogen and oxygen atoms in total. The van der Waals surface area contributed by atoms with E-state index < -0.39 is 27.5 Å². The summed E-state index contributed by atoms with van der Waals surface area (Å²) >= 11 is 0. The third kappa shape index (κ3) is 4.08. The fourth-order valence-corrected chi connectivity index (χ4v) is 1.78. The predicted octanol–water partition coefficient (Wildman–Crippen LogP) is 1.55. The van der Waals surface area contributed by atoms with Gasteiger partial charge in [0.25, 0.3) is 0 Å². The molecule has 120 valence electrons. The summed E-state index contributed by atoms with van der Waals surface area (Å²) in [5.74, 6) is -1.67. The molecule has 1 aromatic rings. The lowest BCUT2D eigenvalue weighted by molar-refractivity contribution is -0.0501. The molecular weight excluding hydrogens is 329 g/mol. The molecule has 22 heavy (non-hydrogen) atoms. The van der Waals surface area contributed by atoms with Gasteiger partial charge in [0, 0.05) is 18.2 Å². The van der Waals surface area contributed by atoms with Crippen molar-refractivity contribution >= 4 is 16.1 Å². The number of halogens is 3. The number of alkyl halides is 3. The summed E-state index contributed by atoms with van der Waals surface area (Å²) in [5, 5.41) is 8.50.